The van der Waals surface area contributed by atoms with Gasteiger partial charge in [0, 0.05) is 18.5 Å². The van der Waals surface area contributed by atoms with Gasteiger partial charge in [0.25, 0.3) is 0 Å². The summed E-state index contributed by atoms with van der Waals surface area (Å²) in [4.78, 5) is 11.7. The van der Waals surface area contributed by atoms with Crippen molar-refractivity contribution in [3.05, 3.63) is 0 Å². The van der Waals surface area contributed by atoms with Gasteiger partial charge >= 0.3 is 0 Å². The van der Waals surface area contributed by atoms with Crippen LogP contribution >= 0.6 is 0 Å². The number of likely N-dealkylation sites (tertiary alicyclic amines) is 1. The molecule has 3 nitrogen and oxygen atoms in total. The van der Waals surface area contributed by atoms with Gasteiger partial charge in [-0.25, -0.2) is 0 Å². The lowest BCUT2D eigenvalue weighted by molar-refractivity contribution is -0.130. The quantitative estimate of drug-likeness (QED) is 0.595. The number of rotatable bonds is 2. The molecule has 1 aliphatic heterocycles. The Kier molecular flexibility index (Phi) is 4.11. The minimum atomic E-state index is -0.0130. The molecule has 0 unspecified atom stereocenters. The Labute approximate surface area is 68.0 Å². The summed E-state index contributed by atoms with van der Waals surface area (Å²) in [6.07, 6.45) is 0.817. The zero-order valence-corrected chi connectivity index (χ0v) is 7.50. The van der Waals surface area contributed by atoms with E-state index in [2.05, 4.69) is 0 Å². The fourth-order valence-electron chi connectivity index (χ4n) is 1.11. The molecule has 3 heteroatoms. The average molecular weight is 159 g/mol. The third-order valence-electron chi connectivity index (χ3n) is 1.70. The fourth-order valence-corrected chi connectivity index (χ4v) is 1.11. The number of carbonyl (C=O) groups is 1. The van der Waals surface area contributed by atoms with E-state index in [1.54, 1.807) is 4.90 Å². The lowest BCUT2D eigenvalue weighted by atomic mass is 9.84. The van der Waals surface area contributed by atoms with Crippen molar-refractivity contribution in [1.29, 1.82) is 0 Å². The Morgan fingerprint density at radius 1 is 1.55 bits per heavy atom. The highest BCUT2D eigenvalue weighted by Gasteiger charge is 2.36. The molecule has 1 N–H and O–H groups in total. The Morgan fingerprint density at radius 3 is 2.27 bits per heavy atom. The Hall–Kier alpha value is -0.570. The molecule has 0 radical (unpaired) electrons. The number of amides is 1. The van der Waals surface area contributed by atoms with Crippen LogP contribution in [0.3, 0.4) is 0 Å². The summed E-state index contributed by atoms with van der Waals surface area (Å²) in [5, 5.41) is 8.72. The second-order valence-corrected chi connectivity index (χ2v) is 2.98. The number of nitrogens with zero attached hydrogens (tertiary/aromatic N) is 1. The standard InChI is InChI=1S/C6H11NO2.C2H6/c1-6(4-8)2-7(3-6)5-9;1-2/h5,8H,2-4H2,1H3;1-2H3. The monoisotopic (exact) mass is 159 g/mol. The third-order valence-corrected chi connectivity index (χ3v) is 1.70. The van der Waals surface area contributed by atoms with Gasteiger partial charge in [-0.05, 0) is 0 Å². The molecular formula is C8H17NO2. The van der Waals surface area contributed by atoms with Gasteiger partial charge in [-0.1, -0.05) is 20.8 Å². The van der Waals surface area contributed by atoms with Crippen LogP contribution in [0.5, 0.6) is 0 Å². The summed E-state index contributed by atoms with van der Waals surface area (Å²) >= 11 is 0. The molecule has 0 spiro atoms. The van der Waals surface area contributed by atoms with E-state index in [1.807, 2.05) is 20.8 Å². The second-order valence-electron chi connectivity index (χ2n) is 2.98. The molecule has 1 saturated heterocycles. The van der Waals surface area contributed by atoms with Gasteiger partial charge in [0.2, 0.25) is 6.41 Å². The van der Waals surface area contributed by atoms with Crippen LogP contribution in [0.4, 0.5) is 0 Å². The summed E-state index contributed by atoms with van der Waals surface area (Å²) in [6.45, 7) is 7.55. The first kappa shape index (κ1) is 10.4. The van der Waals surface area contributed by atoms with Crippen LogP contribution < -0.4 is 0 Å². The first-order valence-corrected chi connectivity index (χ1v) is 4.00. The Bertz CT molecular complexity index is 119. The van der Waals surface area contributed by atoms with E-state index < -0.39 is 0 Å². The van der Waals surface area contributed by atoms with Crippen molar-refractivity contribution in [3.63, 3.8) is 0 Å². The van der Waals surface area contributed by atoms with E-state index in [0.717, 1.165) is 6.41 Å². The van der Waals surface area contributed by atoms with E-state index in [0.29, 0.717) is 13.1 Å². The fraction of sp³-hybridized carbons (Fsp3) is 0.875. The number of carbonyl (C=O) groups excluding carboxylic acids is 1. The number of hydrogen-bond donors (Lipinski definition) is 1. The maximum Gasteiger partial charge on any atom is 0.209 e. The third kappa shape index (κ3) is 2.50. The van der Waals surface area contributed by atoms with Crippen LogP contribution in [-0.4, -0.2) is 36.1 Å². The number of aliphatic hydroxyl groups is 1. The largest absolute Gasteiger partial charge is 0.396 e. The van der Waals surface area contributed by atoms with E-state index in [-0.39, 0.29) is 12.0 Å². The molecule has 0 saturated carbocycles. The van der Waals surface area contributed by atoms with E-state index in [1.165, 1.54) is 0 Å². The molecule has 0 atom stereocenters. The maximum atomic E-state index is 10.0. The summed E-state index contributed by atoms with van der Waals surface area (Å²) < 4.78 is 0. The van der Waals surface area contributed by atoms with Crippen molar-refractivity contribution in [3.8, 4) is 0 Å². The van der Waals surface area contributed by atoms with Crippen molar-refractivity contribution >= 4 is 6.41 Å². The molecule has 1 amide bonds. The highest BCUT2D eigenvalue weighted by molar-refractivity contribution is 5.49. The van der Waals surface area contributed by atoms with Crippen molar-refractivity contribution in [2.75, 3.05) is 19.7 Å². The average Bonchev–Trinajstić information content (AvgIpc) is 2.02. The van der Waals surface area contributed by atoms with Crippen molar-refractivity contribution in [2.24, 2.45) is 5.41 Å². The van der Waals surface area contributed by atoms with Crippen LogP contribution in [0.1, 0.15) is 20.8 Å². The highest BCUT2D eigenvalue weighted by Crippen LogP contribution is 2.26. The van der Waals surface area contributed by atoms with Crippen LogP contribution in [0.25, 0.3) is 0 Å². The molecule has 66 valence electrons. The van der Waals surface area contributed by atoms with E-state index >= 15 is 0 Å². The zero-order valence-electron chi connectivity index (χ0n) is 7.50. The van der Waals surface area contributed by atoms with E-state index in [9.17, 15) is 4.79 Å². The minimum Gasteiger partial charge on any atom is -0.396 e. The normalized spacial score (nSPS) is 19.5. The van der Waals surface area contributed by atoms with Crippen LogP contribution in [0.2, 0.25) is 0 Å². The Morgan fingerprint density at radius 2 is 2.00 bits per heavy atom. The summed E-state index contributed by atoms with van der Waals surface area (Å²) in [6, 6.07) is 0. The van der Waals surface area contributed by atoms with Gasteiger partial charge in [-0.2, -0.15) is 0 Å². The SMILES string of the molecule is CC.CC1(CO)CN(C=O)C1. The van der Waals surface area contributed by atoms with E-state index in [4.69, 9.17) is 5.11 Å². The first-order chi connectivity index (χ1) is 5.20. The molecule has 0 bridgehead atoms. The van der Waals surface area contributed by atoms with Crippen LogP contribution in [-0.2, 0) is 4.79 Å². The molecule has 11 heavy (non-hydrogen) atoms. The van der Waals surface area contributed by atoms with Gasteiger partial charge in [-0.3, -0.25) is 4.79 Å². The smallest absolute Gasteiger partial charge is 0.209 e. The molecule has 1 aliphatic rings. The number of hydrogen-bond acceptors (Lipinski definition) is 2. The van der Waals surface area contributed by atoms with Crippen molar-refractivity contribution < 1.29 is 9.90 Å². The highest BCUT2D eigenvalue weighted by atomic mass is 16.3. The molecule has 0 aliphatic carbocycles. The van der Waals surface area contributed by atoms with Gasteiger partial charge in [0.15, 0.2) is 0 Å². The molecular weight excluding hydrogens is 142 g/mol. The predicted octanol–water partition coefficient (Wildman–Crippen LogP) is 0.483. The zero-order chi connectivity index (χ0) is 8.91. The van der Waals surface area contributed by atoms with Gasteiger partial charge in [-0.15, -0.1) is 0 Å². The molecule has 1 rings (SSSR count). The summed E-state index contributed by atoms with van der Waals surface area (Å²) in [5.41, 5.74) is -0.0130. The van der Waals surface area contributed by atoms with Crippen LogP contribution in [0, 0.1) is 5.41 Å². The summed E-state index contributed by atoms with van der Waals surface area (Å²) in [5.74, 6) is 0. The summed E-state index contributed by atoms with van der Waals surface area (Å²) in [7, 11) is 0. The molecule has 1 heterocycles. The van der Waals surface area contributed by atoms with Crippen molar-refractivity contribution in [1.82, 2.24) is 4.90 Å². The topological polar surface area (TPSA) is 40.5 Å². The lowest BCUT2D eigenvalue weighted by Gasteiger charge is -2.44. The lowest BCUT2D eigenvalue weighted by Crippen LogP contribution is -2.55. The first-order valence-electron chi connectivity index (χ1n) is 4.00. The maximum absolute atomic E-state index is 10.0. The van der Waals surface area contributed by atoms with Crippen molar-refractivity contribution in [2.45, 2.75) is 20.8 Å². The van der Waals surface area contributed by atoms with Crippen LogP contribution in [0.15, 0.2) is 0 Å². The van der Waals surface area contributed by atoms with Gasteiger partial charge in [0.1, 0.15) is 0 Å². The molecule has 0 aromatic heterocycles. The predicted molar refractivity (Wildman–Crippen MR) is 44.2 cm³/mol. The molecule has 0 aromatic carbocycles. The van der Waals surface area contributed by atoms with Gasteiger partial charge < -0.3 is 10.0 Å². The minimum absolute atomic E-state index is 0.0130. The second kappa shape index (κ2) is 4.34. The molecule has 0 aromatic rings. The Balaban J connectivity index is 0.000000461. The van der Waals surface area contributed by atoms with Gasteiger partial charge in [0.05, 0.1) is 6.61 Å². The number of aliphatic hydroxyl groups excluding tert-OH is 1. The molecule has 1 fully saturated rings.